The lowest BCUT2D eigenvalue weighted by molar-refractivity contribution is -0.156. The minimum absolute atomic E-state index is 0.228. The number of carbonyl (C=O) groups is 3. The number of hydrogen-bond acceptors (Lipinski definition) is 5. The second kappa shape index (κ2) is 10.0. The number of rotatable bonds is 4. The Morgan fingerprint density at radius 2 is 1.80 bits per heavy atom. The van der Waals surface area contributed by atoms with Crippen LogP contribution in [0.1, 0.15) is 31.9 Å². The van der Waals surface area contributed by atoms with Crippen LogP contribution in [0.25, 0.3) is 0 Å². The first-order chi connectivity index (χ1) is 12.0. The summed E-state index contributed by atoms with van der Waals surface area (Å²) in [5.41, 5.74) is 1.94. The Bertz CT molecular complexity index is 669. The average molecular weight is 363 g/mol. The molecule has 136 valence electrons. The Morgan fingerprint density at radius 1 is 1.20 bits per heavy atom. The molecular weight excluding hydrogens is 338 g/mol. The first-order valence-corrected chi connectivity index (χ1v) is 9.46. The Balaban J connectivity index is 0.00000151. The predicted molar refractivity (Wildman–Crippen MR) is 100 cm³/mol. The molecule has 1 unspecified atom stereocenters. The van der Waals surface area contributed by atoms with E-state index in [1.165, 1.54) is 23.8 Å². The van der Waals surface area contributed by atoms with E-state index in [1.807, 2.05) is 38.1 Å². The summed E-state index contributed by atoms with van der Waals surface area (Å²) >= 11 is 1.22. The van der Waals surface area contributed by atoms with Crippen LogP contribution in [-0.4, -0.2) is 42.0 Å². The number of ketones is 1. The van der Waals surface area contributed by atoms with Crippen molar-refractivity contribution >= 4 is 29.4 Å². The molecular formula is C19H25NO4S. The zero-order valence-corrected chi connectivity index (χ0v) is 16.2. The van der Waals surface area contributed by atoms with E-state index in [1.54, 1.807) is 19.3 Å². The Morgan fingerprint density at radius 3 is 2.32 bits per heavy atom. The highest BCUT2D eigenvalue weighted by Gasteiger charge is 2.38. The van der Waals surface area contributed by atoms with Gasteiger partial charge in [0.1, 0.15) is 6.04 Å². The van der Waals surface area contributed by atoms with Crippen LogP contribution < -0.4 is 0 Å². The van der Waals surface area contributed by atoms with E-state index in [-0.39, 0.29) is 6.54 Å². The number of fused-ring (bicyclic) bond motifs is 1. The second-order valence-electron chi connectivity index (χ2n) is 5.13. The van der Waals surface area contributed by atoms with E-state index in [0.717, 1.165) is 11.1 Å². The number of allylic oxidation sites excluding steroid dienone is 1. The van der Waals surface area contributed by atoms with Gasteiger partial charge in [0.15, 0.2) is 0 Å². The van der Waals surface area contributed by atoms with E-state index in [4.69, 9.17) is 4.74 Å². The lowest BCUT2D eigenvalue weighted by atomic mass is 9.93. The Kier molecular flexibility index (Phi) is 8.41. The molecule has 1 heterocycles. The standard InChI is InChI=1S/C17H19NO4S.C2H6/c1-4-14(23-3)15(19)16(20)18-10-12-8-6-5-7-11(12)9-13(18)17(21)22-2;1-2/h4-8,13H,9-10H2,1-3H3;1-2H3/b14-4-;. The van der Waals surface area contributed by atoms with Crippen LogP contribution in [-0.2, 0) is 32.1 Å². The maximum absolute atomic E-state index is 12.6. The van der Waals surface area contributed by atoms with Crippen LogP contribution in [0.5, 0.6) is 0 Å². The van der Waals surface area contributed by atoms with Gasteiger partial charge in [-0.05, 0) is 24.3 Å². The largest absolute Gasteiger partial charge is 0.467 e. The maximum Gasteiger partial charge on any atom is 0.328 e. The fraction of sp³-hybridized carbons (Fsp3) is 0.421. The number of amides is 1. The van der Waals surface area contributed by atoms with Crippen molar-refractivity contribution in [3.05, 3.63) is 46.4 Å². The molecule has 0 spiro atoms. The van der Waals surface area contributed by atoms with Crippen molar-refractivity contribution in [3.8, 4) is 0 Å². The molecule has 0 bridgehead atoms. The summed E-state index contributed by atoms with van der Waals surface area (Å²) < 4.78 is 4.81. The summed E-state index contributed by atoms with van der Waals surface area (Å²) in [7, 11) is 1.28. The molecule has 6 heteroatoms. The molecule has 1 aliphatic rings. The first kappa shape index (κ1) is 21.0. The molecule has 2 rings (SSSR count). The number of methoxy groups -OCH3 is 1. The molecule has 1 aromatic rings. The van der Waals surface area contributed by atoms with Crippen LogP contribution in [0, 0.1) is 0 Å². The highest BCUT2D eigenvalue weighted by Crippen LogP contribution is 2.25. The molecule has 0 saturated carbocycles. The third kappa shape index (κ3) is 4.72. The van der Waals surface area contributed by atoms with Crippen molar-refractivity contribution < 1.29 is 19.1 Å². The second-order valence-corrected chi connectivity index (χ2v) is 5.98. The number of thioether (sulfide) groups is 1. The van der Waals surface area contributed by atoms with Gasteiger partial charge >= 0.3 is 5.97 Å². The molecule has 0 aromatic heterocycles. The van der Waals surface area contributed by atoms with E-state index in [9.17, 15) is 14.4 Å². The van der Waals surface area contributed by atoms with E-state index >= 15 is 0 Å². The van der Waals surface area contributed by atoms with Gasteiger partial charge in [-0.15, -0.1) is 11.8 Å². The first-order valence-electron chi connectivity index (χ1n) is 8.23. The number of ether oxygens (including phenoxy) is 1. The van der Waals surface area contributed by atoms with Gasteiger partial charge in [0.2, 0.25) is 0 Å². The molecule has 0 aliphatic carbocycles. The minimum atomic E-state index is -0.772. The highest BCUT2D eigenvalue weighted by atomic mass is 32.2. The molecule has 25 heavy (non-hydrogen) atoms. The molecule has 0 fully saturated rings. The monoisotopic (exact) mass is 363 g/mol. The SMILES string of the molecule is C/C=C(\SC)C(=O)C(=O)N1Cc2ccccc2CC1C(=O)OC.CC. The van der Waals surface area contributed by atoms with Crippen LogP contribution >= 0.6 is 11.8 Å². The lowest BCUT2D eigenvalue weighted by Gasteiger charge is -2.34. The van der Waals surface area contributed by atoms with Crippen molar-refractivity contribution in [3.63, 3.8) is 0 Å². The van der Waals surface area contributed by atoms with Gasteiger partial charge in [-0.2, -0.15) is 0 Å². The van der Waals surface area contributed by atoms with Gasteiger partial charge in [-0.3, -0.25) is 9.59 Å². The zero-order valence-electron chi connectivity index (χ0n) is 15.4. The van der Waals surface area contributed by atoms with Gasteiger partial charge in [-0.1, -0.05) is 44.2 Å². The molecule has 5 nitrogen and oxygen atoms in total. The van der Waals surface area contributed by atoms with Crippen molar-refractivity contribution in [1.82, 2.24) is 4.90 Å². The summed E-state index contributed by atoms with van der Waals surface area (Å²) in [6.45, 7) is 5.94. The molecule has 0 saturated heterocycles. The molecule has 0 radical (unpaired) electrons. The fourth-order valence-corrected chi connectivity index (χ4v) is 3.17. The van der Waals surface area contributed by atoms with E-state index in [2.05, 4.69) is 0 Å². The van der Waals surface area contributed by atoms with E-state index < -0.39 is 23.7 Å². The van der Waals surface area contributed by atoms with Gasteiger partial charge in [0.25, 0.3) is 11.7 Å². The number of nitrogens with zero attached hydrogens (tertiary/aromatic N) is 1. The summed E-state index contributed by atoms with van der Waals surface area (Å²) in [5, 5.41) is 0. The van der Waals surface area contributed by atoms with Crippen LogP contribution in [0.2, 0.25) is 0 Å². The summed E-state index contributed by atoms with van der Waals surface area (Å²) in [6, 6.07) is 6.82. The van der Waals surface area contributed by atoms with Gasteiger partial charge < -0.3 is 9.64 Å². The van der Waals surface area contributed by atoms with E-state index in [0.29, 0.717) is 11.3 Å². The van der Waals surface area contributed by atoms with Gasteiger partial charge in [0, 0.05) is 13.0 Å². The highest BCUT2D eigenvalue weighted by molar-refractivity contribution is 8.03. The fourth-order valence-electron chi connectivity index (χ4n) is 2.66. The number of hydrogen-bond donors (Lipinski definition) is 0. The molecule has 0 N–H and O–H groups in total. The third-order valence-electron chi connectivity index (χ3n) is 3.88. The number of Topliss-reactive ketones (excluding diaryl/α,β-unsaturated/α-hetero) is 1. The number of esters is 1. The quantitative estimate of drug-likeness (QED) is 0.467. The normalized spacial score (nSPS) is 16.3. The topological polar surface area (TPSA) is 63.7 Å². The van der Waals surface area contributed by atoms with Crippen molar-refractivity contribution in [2.75, 3.05) is 13.4 Å². The van der Waals surface area contributed by atoms with Crippen molar-refractivity contribution in [2.24, 2.45) is 0 Å². The van der Waals surface area contributed by atoms with Gasteiger partial charge in [-0.25, -0.2) is 4.79 Å². The third-order valence-corrected chi connectivity index (χ3v) is 4.74. The zero-order chi connectivity index (χ0) is 19.0. The predicted octanol–water partition coefficient (Wildman–Crippen LogP) is 2.98. The molecule has 1 aromatic carbocycles. The minimum Gasteiger partial charge on any atom is -0.467 e. The van der Waals surface area contributed by atoms with Gasteiger partial charge in [0.05, 0.1) is 12.0 Å². The van der Waals surface area contributed by atoms with Crippen LogP contribution in [0.4, 0.5) is 0 Å². The molecule has 1 amide bonds. The van der Waals surface area contributed by atoms with Crippen LogP contribution in [0.3, 0.4) is 0 Å². The van der Waals surface area contributed by atoms with Crippen molar-refractivity contribution in [2.45, 2.75) is 39.8 Å². The lowest BCUT2D eigenvalue weighted by Crippen LogP contribution is -2.51. The summed E-state index contributed by atoms with van der Waals surface area (Å²) in [5.74, 6) is -1.77. The van der Waals surface area contributed by atoms with Crippen LogP contribution in [0.15, 0.2) is 35.2 Å². The smallest absolute Gasteiger partial charge is 0.328 e. The Hall–Kier alpha value is -2.08. The maximum atomic E-state index is 12.6. The Labute approximate surface area is 153 Å². The average Bonchev–Trinajstić information content (AvgIpc) is 2.68. The molecule has 1 atom stereocenters. The molecule has 1 aliphatic heterocycles. The number of carbonyl (C=O) groups excluding carboxylic acids is 3. The summed E-state index contributed by atoms with van der Waals surface area (Å²) in [4.78, 5) is 38.7. The summed E-state index contributed by atoms with van der Waals surface area (Å²) in [6.07, 6.45) is 3.70. The van der Waals surface area contributed by atoms with Crippen molar-refractivity contribution in [1.29, 1.82) is 0 Å². The number of benzene rings is 1.